The van der Waals surface area contributed by atoms with Crippen LogP contribution < -0.4 is 14.8 Å². The quantitative estimate of drug-likeness (QED) is 0.679. The normalized spacial score (nSPS) is 12.6. The van der Waals surface area contributed by atoms with Gasteiger partial charge in [-0.1, -0.05) is 17.7 Å². The Hall–Kier alpha value is -2.46. The van der Waals surface area contributed by atoms with Gasteiger partial charge in [0.15, 0.2) is 17.3 Å². The maximum Gasteiger partial charge on any atom is 0.231 e. The minimum Gasteiger partial charge on any atom is -0.454 e. The number of nitrogens with one attached hydrogen (secondary N) is 1. The first-order chi connectivity index (χ1) is 10.6. The van der Waals surface area contributed by atoms with Crippen LogP contribution in [0, 0.1) is 6.92 Å². The number of allylic oxidation sites excluding steroid dienone is 1. The number of hydrogen-bond donors (Lipinski definition) is 1. The molecule has 0 bridgehead atoms. The summed E-state index contributed by atoms with van der Waals surface area (Å²) in [6, 6.07) is 10.7. The van der Waals surface area contributed by atoms with Crippen LogP contribution in [-0.2, 0) is 0 Å². The average molecular weight is 316 g/mol. The number of fused-ring (bicyclic) bond motifs is 1. The number of halogens is 1. The predicted octanol–water partition coefficient (Wildman–Crippen LogP) is 4.19. The molecule has 1 aliphatic heterocycles. The SMILES string of the molecule is Cc1ccc(NC=CC(=O)c2ccc3c(c2)OCO3)cc1Cl. The summed E-state index contributed by atoms with van der Waals surface area (Å²) >= 11 is 6.05. The maximum atomic E-state index is 12.1. The second kappa shape index (κ2) is 6.12. The smallest absolute Gasteiger partial charge is 0.231 e. The van der Waals surface area contributed by atoms with Gasteiger partial charge >= 0.3 is 0 Å². The van der Waals surface area contributed by atoms with Crippen molar-refractivity contribution in [2.75, 3.05) is 12.1 Å². The molecule has 112 valence electrons. The molecule has 0 atom stereocenters. The molecule has 0 aromatic heterocycles. The number of carbonyl (C=O) groups is 1. The molecule has 0 unspecified atom stereocenters. The van der Waals surface area contributed by atoms with Crippen LogP contribution in [-0.4, -0.2) is 12.6 Å². The Labute approximate surface area is 133 Å². The molecule has 1 aliphatic rings. The lowest BCUT2D eigenvalue weighted by atomic mass is 10.1. The van der Waals surface area contributed by atoms with Crippen LogP contribution in [0.3, 0.4) is 0 Å². The zero-order valence-electron chi connectivity index (χ0n) is 11.9. The molecule has 1 heterocycles. The molecule has 1 N–H and O–H groups in total. The average Bonchev–Trinajstić information content (AvgIpc) is 2.98. The van der Waals surface area contributed by atoms with E-state index in [-0.39, 0.29) is 12.6 Å². The molecule has 2 aromatic rings. The Morgan fingerprint density at radius 3 is 2.82 bits per heavy atom. The molecular formula is C17H14ClNO3. The van der Waals surface area contributed by atoms with Gasteiger partial charge in [0.05, 0.1) is 0 Å². The van der Waals surface area contributed by atoms with Crippen LogP contribution in [0.25, 0.3) is 0 Å². The number of ether oxygens (including phenoxy) is 2. The number of aryl methyl sites for hydroxylation is 1. The van der Waals surface area contributed by atoms with Crippen LogP contribution in [0.5, 0.6) is 11.5 Å². The highest BCUT2D eigenvalue weighted by atomic mass is 35.5. The van der Waals surface area contributed by atoms with Gasteiger partial charge in [-0.3, -0.25) is 4.79 Å². The number of benzene rings is 2. The molecule has 3 rings (SSSR count). The summed E-state index contributed by atoms with van der Waals surface area (Å²) < 4.78 is 10.5. The molecule has 0 fully saturated rings. The van der Waals surface area contributed by atoms with Gasteiger partial charge < -0.3 is 14.8 Å². The van der Waals surface area contributed by atoms with E-state index in [9.17, 15) is 4.79 Å². The van der Waals surface area contributed by atoms with E-state index in [0.717, 1.165) is 11.3 Å². The van der Waals surface area contributed by atoms with E-state index in [0.29, 0.717) is 22.1 Å². The van der Waals surface area contributed by atoms with Crippen molar-refractivity contribution in [1.82, 2.24) is 0 Å². The summed E-state index contributed by atoms with van der Waals surface area (Å²) in [6.07, 6.45) is 3.05. The molecule has 0 spiro atoms. The monoisotopic (exact) mass is 315 g/mol. The van der Waals surface area contributed by atoms with E-state index in [4.69, 9.17) is 21.1 Å². The van der Waals surface area contributed by atoms with Gasteiger partial charge in [-0.15, -0.1) is 0 Å². The fraction of sp³-hybridized carbons (Fsp3) is 0.118. The molecule has 22 heavy (non-hydrogen) atoms. The molecular weight excluding hydrogens is 302 g/mol. The third kappa shape index (κ3) is 3.07. The van der Waals surface area contributed by atoms with E-state index >= 15 is 0 Å². The van der Waals surface area contributed by atoms with Gasteiger partial charge in [0, 0.05) is 28.5 Å². The highest BCUT2D eigenvalue weighted by Crippen LogP contribution is 2.32. The van der Waals surface area contributed by atoms with Crippen molar-refractivity contribution in [2.45, 2.75) is 6.92 Å². The Balaban J connectivity index is 1.67. The van der Waals surface area contributed by atoms with Crippen LogP contribution in [0.15, 0.2) is 48.7 Å². The molecule has 0 amide bonds. The van der Waals surface area contributed by atoms with Gasteiger partial charge in [0.1, 0.15) is 0 Å². The standard InChI is InChI=1S/C17H14ClNO3/c1-11-2-4-13(9-14(11)18)19-7-6-15(20)12-3-5-16-17(8-12)22-10-21-16/h2-9,19H,10H2,1H3. The van der Waals surface area contributed by atoms with Crippen molar-refractivity contribution >= 4 is 23.1 Å². The summed E-state index contributed by atoms with van der Waals surface area (Å²) in [4.78, 5) is 12.1. The van der Waals surface area contributed by atoms with Crippen LogP contribution in [0.4, 0.5) is 5.69 Å². The van der Waals surface area contributed by atoms with Crippen molar-refractivity contribution in [1.29, 1.82) is 0 Å². The number of hydrogen-bond acceptors (Lipinski definition) is 4. The number of anilines is 1. The van der Waals surface area contributed by atoms with E-state index in [1.807, 2.05) is 25.1 Å². The van der Waals surface area contributed by atoms with Crippen molar-refractivity contribution in [3.05, 3.63) is 64.8 Å². The maximum absolute atomic E-state index is 12.1. The lowest BCUT2D eigenvalue weighted by Gasteiger charge is -2.03. The molecule has 0 saturated heterocycles. The Bertz CT molecular complexity index is 756. The topological polar surface area (TPSA) is 47.6 Å². The second-order valence-electron chi connectivity index (χ2n) is 4.87. The highest BCUT2D eigenvalue weighted by Gasteiger charge is 2.14. The molecule has 0 aliphatic carbocycles. The molecule has 0 radical (unpaired) electrons. The molecule has 2 aromatic carbocycles. The largest absolute Gasteiger partial charge is 0.454 e. The van der Waals surface area contributed by atoms with Crippen molar-refractivity contribution in [3.8, 4) is 11.5 Å². The Kier molecular flexibility index (Phi) is 4.02. The zero-order valence-corrected chi connectivity index (χ0v) is 12.7. The fourth-order valence-electron chi connectivity index (χ4n) is 2.04. The summed E-state index contributed by atoms with van der Waals surface area (Å²) in [7, 11) is 0. The van der Waals surface area contributed by atoms with E-state index < -0.39 is 0 Å². The lowest BCUT2D eigenvalue weighted by Crippen LogP contribution is -1.96. The van der Waals surface area contributed by atoms with Crippen LogP contribution in [0.2, 0.25) is 5.02 Å². The summed E-state index contributed by atoms with van der Waals surface area (Å²) in [5, 5.41) is 3.70. The van der Waals surface area contributed by atoms with Crippen molar-refractivity contribution in [2.24, 2.45) is 0 Å². The predicted molar refractivity (Wildman–Crippen MR) is 85.8 cm³/mol. The van der Waals surface area contributed by atoms with E-state index in [2.05, 4.69) is 5.32 Å². The third-order valence-corrected chi connectivity index (χ3v) is 3.72. The summed E-state index contributed by atoms with van der Waals surface area (Å²) in [6.45, 7) is 2.13. The number of carbonyl (C=O) groups excluding carboxylic acids is 1. The fourth-order valence-corrected chi connectivity index (χ4v) is 2.22. The Morgan fingerprint density at radius 2 is 2.00 bits per heavy atom. The second-order valence-corrected chi connectivity index (χ2v) is 5.28. The first-order valence-electron chi connectivity index (χ1n) is 6.77. The van der Waals surface area contributed by atoms with Crippen LogP contribution >= 0.6 is 11.6 Å². The van der Waals surface area contributed by atoms with Crippen LogP contribution in [0.1, 0.15) is 15.9 Å². The van der Waals surface area contributed by atoms with Gasteiger partial charge in [0.25, 0.3) is 0 Å². The molecule has 4 nitrogen and oxygen atoms in total. The van der Waals surface area contributed by atoms with Gasteiger partial charge in [-0.2, -0.15) is 0 Å². The molecule has 0 saturated carbocycles. The summed E-state index contributed by atoms with van der Waals surface area (Å²) in [5.74, 6) is 1.13. The number of ketones is 1. The summed E-state index contributed by atoms with van der Waals surface area (Å²) in [5.41, 5.74) is 2.38. The first kappa shape index (κ1) is 14.5. The van der Waals surface area contributed by atoms with Gasteiger partial charge in [-0.05, 0) is 42.8 Å². The van der Waals surface area contributed by atoms with E-state index in [1.165, 1.54) is 6.08 Å². The minimum absolute atomic E-state index is 0.121. The third-order valence-electron chi connectivity index (χ3n) is 3.31. The minimum atomic E-state index is -0.121. The molecule has 5 heteroatoms. The lowest BCUT2D eigenvalue weighted by molar-refractivity contribution is 0.104. The van der Waals surface area contributed by atoms with Gasteiger partial charge in [-0.25, -0.2) is 0 Å². The Morgan fingerprint density at radius 1 is 1.18 bits per heavy atom. The van der Waals surface area contributed by atoms with Gasteiger partial charge in [0.2, 0.25) is 6.79 Å². The first-order valence-corrected chi connectivity index (χ1v) is 7.14. The highest BCUT2D eigenvalue weighted by molar-refractivity contribution is 6.31. The zero-order chi connectivity index (χ0) is 15.5. The van der Waals surface area contributed by atoms with E-state index in [1.54, 1.807) is 24.4 Å². The number of rotatable bonds is 4. The van der Waals surface area contributed by atoms with Crippen molar-refractivity contribution in [3.63, 3.8) is 0 Å². The van der Waals surface area contributed by atoms with Crippen molar-refractivity contribution < 1.29 is 14.3 Å².